The maximum atomic E-state index is 10.6. The molecule has 0 saturated carbocycles. The van der Waals surface area contributed by atoms with Crippen LogP contribution in [0.1, 0.15) is 30.4 Å². The largest absolute Gasteiger partial charge is 0.384 e. The summed E-state index contributed by atoms with van der Waals surface area (Å²) in [5.74, 6) is 0. The quantitative estimate of drug-likeness (QED) is 0.919. The topological polar surface area (TPSA) is 47.3 Å². The van der Waals surface area contributed by atoms with Crippen molar-refractivity contribution in [2.45, 2.75) is 25.7 Å². The van der Waals surface area contributed by atoms with Gasteiger partial charge in [0.1, 0.15) is 12.2 Å². The average Bonchev–Trinajstić information content (AvgIpc) is 2.81. The number of aliphatic hydroxyl groups is 1. The fourth-order valence-electron chi connectivity index (χ4n) is 2.15. The molecule has 0 amide bonds. The molecule has 0 spiro atoms. The van der Waals surface area contributed by atoms with Crippen molar-refractivity contribution in [2.24, 2.45) is 0 Å². The predicted octanol–water partition coefficient (Wildman–Crippen LogP) is 3.09. The van der Waals surface area contributed by atoms with E-state index in [1.165, 1.54) is 0 Å². The maximum absolute atomic E-state index is 10.6. The fourth-order valence-corrected chi connectivity index (χ4v) is 2.68. The van der Waals surface area contributed by atoms with E-state index in [0.29, 0.717) is 6.54 Å². The Bertz CT molecular complexity index is 527. The van der Waals surface area contributed by atoms with Crippen LogP contribution in [0.4, 0.5) is 0 Å². The normalized spacial score (nSPS) is 14.3. The Morgan fingerprint density at radius 1 is 1.37 bits per heavy atom. The van der Waals surface area contributed by atoms with Crippen LogP contribution in [0.2, 0.25) is 0 Å². The fraction of sp³-hybridized carbons (Fsp3) is 0.357. The van der Waals surface area contributed by atoms with Gasteiger partial charge in [0.05, 0.1) is 16.4 Å². The summed E-state index contributed by atoms with van der Waals surface area (Å²) in [6.45, 7) is 2.68. The third kappa shape index (κ3) is 2.88. The highest BCUT2D eigenvalue weighted by Gasteiger charge is 2.27. The Kier molecular flexibility index (Phi) is 4.74. The first-order chi connectivity index (χ1) is 9.19. The van der Waals surface area contributed by atoms with Crippen LogP contribution in [-0.4, -0.2) is 22.0 Å². The first-order valence-electron chi connectivity index (χ1n) is 6.16. The molecule has 2 atom stereocenters. The van der Waals surface area contributed by atoms with Gasteiger partial charge in [-0.25, -0.2) is 0 Å². The summed E-state index contributed by atoms with van der Waals surface area (Å²) < 4.78 is 8.02. The maximum Gasteiger partial charge on any atom is 0.127 e. The van der Waals surface area contributed by atoms with Crippen LogP contribution >= 0.6 is 15.9 Å². The lowest BCUT2D eigenvalue weighted by Gasteiger charge is -2.23. The molecule has 0 aliphatic heterocycles. The van der Waals surface area contributed by atoms with E-state index in [4.69, 9.17) is 4.74 Å². The molecule has 19 heavy (non-hydrogen) atoms. The summed E-state index contributed by atoms with van der Waals surface area (Å²) in [7, 11) is 1.60. The standard InChI is InChI=1S/C14H17BrN2O2/c1-3-17-12(11(15)9-16-17)13(18)14(19-2)10-7-5-4-6-8-10/h4-9,13-14,18H,3H2,1-2H3. The van der Waals surface area contributed by atoms with Crippen LogP contribution in [0.3, 0.4) is 0 Å². The first kappa shape index (κ1) is 14.2. The lowest BCUT2D eigenvalue weighted by Crippen LogP contribution is -2.17. The van der Waals surface area contributed by atoms with E-state index in [2.05, 4.69) is 21.0 Å². The Balaban J connectivity index is 2.36. The molecule has 2 rings (SSSR count). The smallest absolute Gasteiger partial charge is 0.127 e. The molecule has 4 nitrogen and oxygen atoms in total. The number of rotatable bonds is 5. The van der Waals surface area contributed by atoms with Crippen molar-refractivity contribution in [3.8, 4) is 0 Å². The molecule has 102 valence electrons. The lowest BCUT2D eigenvalue weighted by molar-refractivity contribution is -0.0195. The summed E-state index contributed by atoms with van der Waals surface area (Å²) in [6, 6.07) is 9.69. The second-order valence-electron chi connectivity index (χ2n) is 4.21. The van der Waals surface area contributed by atoms with Crippen LogP contribution in [0.25, 0.3) is 0 Å². The molecule has 1 aromatic carbocycles. The number of hydrogen-bond acceptors (Lipinski definition) is 3. The van der Waals surface area contributed by atoms with Crippen LogP contribution in [-0.2, 0) is 11.3 Å². The van der Waals surface area contributed by atoms with Gasteiger partial charge in [-0.3, -0.25) is 4.68 Å². The molecular formula is C14H17BrN2O2. The van der Waals surface area contributed by atoms with Crippen molar-refractivity contribution < 1.29 is 9.84 Å². The third-order valence-corrected chi connectivity index (χ3v) is 3.69. The zero-order valence-corrected chi connectivity index (χ0v) is 12.5. The monoisotopic (exact) mass is 324 g/mol. The number of ether oxygens (including phenoxy) is 1. The number of aromatic nitrogens is 2. The number of hydrogen-bond donors (Lipinski definition) is 1. The van der Waals surface area contributed by atoms with Gasteiger partial charge in [-0.05, 0) is 28.4 Å². The van der Waals surface area contributed by atoms with Crippen molar-refractivity contribution in [2.75, 3.05) is 7.11 Å². The number of benzene rings is 1. The lowest BCUT2D eigenvalue weighted by atomic mass is 10.0. The second-order valence-corrected chi connectivity index (χ2v) is 5.06. The molecule has 2 unspecified atom stereocenters. The Hall–Kier alpha value is -1.17. The van der Waals surface area contributed by atoms with E-state index in [9.17, 15) is 5.11 Å². The summed E-state index contributed by atoms with van der Waals surface area (Å²) in [4.78, 5) is 0. The van der Waals surface area contributed by atoms with Gasteiger partial charge in [-0.15, -0.1) is 0 Å². The minimum Gasteiger partial charge on any atom is -0.384 e. The number of nitrogens with zero attached hydrogens (tertiary/aromatic N) is 2. The van der Waals surface area contributed by atoms with Crippen LogP contribution < -0.4 is 0 Å². The highest BCUT2D eigenvalue weighted by Crippen LogP contribution is 2.34. The molecule has 5 heteroatoms. The van der Waals surface area contributed by atoms with Crippen molar-refractivity contribution in [1.82, 2.24) is 9.78 Å². The van der Waals surface area contributed by atoms with E-state index >= 15 is 0 Å². The molecule has 2 aromatic rings. The number of aliphatic hydroxyl groups excluding tert-OH is 1. The van der Waals surface area contributed by atoms with Gasteiger partial charge >= 0.3 is 0 Å². The Labute approximate surface area is 121 Å². The molecule has 1 N–H and O–H groups in total. The second kappa shape index (κ2) is 6.32. The SMILES string of the molecule is CCn1ncc(Br)c1C(O)C(OC)c1ccccc1. The number of methoxy groups -OCH3 is 1. The van der Waals surface area contributed by atoms with Gasteiger partial charge in [0.15, 0.2) is 0 Å². The summed E-state index contributed by atoms with van der Waals surface area (Å²) in [5.41, 5.74) is 1.67. The third-order valence-electron chi connectivity index (χ3n) is 3.08. The molecule has 0 saturated heterocycles. The summed E-state index contributed by atoms with van der Waals surface area (Å²) in [5, 5.41) is 14.8. The van der Waals surface area contributed by atoms with Gasteiger partial charge in [0.25, 0.3) is 0 Å². The average molecular weight is 325 g/mol. The molecule has 0 aliphatic rings. The van der Waals surface area contributed by atoms with Crippen molar-refractivity contribution in [3.63, 3.8) is 0 Å². The summed E-state index contributed by atoms with van der Waals surface area (Å²) in [6.07, 6.45) is 0.503. The molecule has 0 fully saturated rings. The van der Waals surface area contributed by atoms with Gasteiger partial charge in [-0.1, -0.05) is 30.3 Å². The minimum atomic E-state index is -0.774. The van der Waals surface area contributed by atoms with Crippen molar-refractivity contribution >= 4 is 15.9 Å². The zero-order chi connectivity index (χ0) is 13.8. The highest BCUT2D eigenvalue weighted by atomic mass is 79.9. The van der Waals surface area contributed by atoms with Crippen molar-refractivity contribution in [1.29, 1.82) is 0 Å². The van der Waals surface area contributed by atoms with Gasteiger partial charge < -0.3 is 9.84 Å². The Morgan fingerprint density at radius 2 is 2.05 bits per heavy atom. The first-order valence-corrected chi connectivity index (χ1v) is 6.95. The molecule has 0 bridgehead atoms. The van der Waals surface area contributed by atoms with Crippen molar-refractivity contribution in [3.05, 3.63) is 52.3 Å². The van der Waals surface area contributed by atoms with E-state index < -0.39 is 12.2 Å². The van der Waals surface area contributed by atoms with E-state index in [0.717, 1.165) is 15.7 Å². The predicted molar refractivity (Wildman–Crippen MR) is 76.8 cm³/mol. The molecule has 1 heterocycles. The highest BCUT2D eigenvalue weighted by molar-refractivity contribution is 9.10. The van der Waals surface area contributed by atoms with Gasteiger partial charge in [-0.2, -0.15) is 5.10 Å². The molecular weight excluding hydrogens is 308 g/mol. The minimum absolute atomic E-state index is 0.417. The number of halogens is 1. The zero-order valence-electron chi connectivity index (χ0n) is 11.0. The van der Waals surface area contributed by atoms with E-state index in [1.807, 2.05) is 37.3 Å². The van der Waals surface area contributed by atoms with Gasteiger partial charge in [0, 0.05) is 13.7 Å². The van der Waals surface area contributed by atoms with Crippen LogP contribution in [0, 0.1) is 0 Å². The van der Waals surface area contributed by atoms with E-state index in [1.54, 1.807) is 18.0 Å². The molecule has 1 aromatic heterocycles. The van der Waals surface area contributed by atoms with Crippen LogP contribution in [0.15, 0.2) is 41.0 Å². The molecule has 0 aliphatic carbocycles. The Morgan fingerprint density at radius 3 is 2.63 bits per heavy atom. The molecule has 0 radical (unpaired) electrons. The summed E-state index contributed by atoms with van der Waals surface area (Å²) >= 11 is 3.43. The van der Waals surface area contributed by atoms with Crippen LogP contribution in [0.5, 0.6) is 0 Å². The number of aryl methyl sites for hydroxylation is 1. The van der Waals surface area contributed by atoms with E-state index in [-0.39, 0.29) is 0 Å². The van der Waals surface area contributed by atoms with Gasteiger partial charge in [0.2, 0.25) is 0 Å².